The van der Waals surface area contributed by atoms with E-state index < -0.39 is 70.4 Å². The summed E-state index contributed by atoms with van der Waals surface area (Å²) in [5.74, 6) is 0. The zero-order chi connectivity index (χ0) is 101. The summed E-state index contributed by atoms with van der Waals surface area (Å²) < 4.78 is 277. The molecule has 0 fully saturated rings. The highest BCUT2D eigenvalue weighted by Crippen LogP contribution is 2.55. The van der Waals surface area contributed by atoms with Crippen LogP contribution in [0.3, 0.4) is 0 Å². The summed E-state index contributed by atoms with van der Waals surface area (Å²) in [4.78, 5) is 0. The van der Waals surface area contributed by atoms with E-state index >= 15 is 0 Å². The molecule has 708 valence electrons. The Morgan fingerprint density at radius 1 is 0.144 bits per heavy atom. The van der Waals surface area contributed by atoms with E-state index in [1.54, 1.807) is 179 Å². The fourth-order valence-corrected chi connectivity index (χ4v) is 22.0. The van der Waals surface area contributed by atoms with Gasteiger partial charge in [0.2, 0.25) is 0 Å². The number of benzene rings is 18. The molecule has 0 aliphatic rings. The highest BCUT2D eigenvalue weighted by atomic mass is 19.4. The number of rotatable bonds is 8. The Morgan fingerprint density at radius 2 is 0.288 bits per heavy atom. The summed E-state index contributed by atoms with van der Waals surface area (Å²) in [5, 5.41) is 43.1. The minimum absolute atomic E-state index is 0.0259. The Kier molecular flexibility index (Phi) is 19.4. The molecule has 8 heterocycles. The van der Waals surface area contributed by atoms with Crippen molar-refractivity contribution in [1.82, 2.24) is 36.5 Å². The fraction of sp³-hybridized carbons (Fsp3) is 0.0513. The summed E-state index contributed by atoms with van der Waals surface area (Å²) in [6.07, 6.45) is -28.6. The molecule has 26 aromatic rings. The number of aromatic nitrogens is 8. The van der Waals surface area contributed by atoms with Gasteiger partial charge in [0.15, 0.2) is 0 Å². The minimum atomic E-state index is -4.81. The number of fused-ring (bicyclic) bond motifs is 24. The van der Waals surface area contributed by atoms with Crippen LogP contribution in [0.2, 0.25) is 0 Å². The van der Waals surface area contributed by atoms with E-state index in [0.29, 0.717) is 104 Å². The van der Waals surface area contributed by atoms with Crippen LogP contribution in [0.4, 0.5) is 79.0 Å². The lowest BCUT2D eigenvalue weighted by atomic mass is 9.98. The van der Waals surface area contributed by atoms with Crippen molar-refractivity contribution in [3.63, 3.8) is 0 Å². The summed E-state index contributed by atoms with van der Waals surface area (Å²) in [7, 11) is 0. The highest BCUT2D eigenvalue weighted by Gasteiger charge is 2.42. The predicted molar refractivity (Wildman–Crippen MR) is 532 cm³/mol. The minimum Gasteiger partial charge on any atom is -0.308 e. The Morgan fingerprint density at radius 3 is 0.473 bits per heavy atom. The molecule has 0 amide bonds. The quantitative estimate of drug-likeness (QED) is 0.141. The van der Waals surface area contributed by atoms with Crippen molar-refractivity contribution in [2.75, 3.05) is 0 Å². The zero-order valence-electron chi connectivity index (χ0n) is 74.8. The average molecular weight is 1960 g/mol. The fourth-order valence-electron chi connectivity index (χ4n) is 22.0. The standard InChI is InChI=1S/C59H29F12N5.C58H30F6N6/c60-56(61,62)31-17-21-48-39(25-31)35-9-1-5-13-44(35)73(48)52-29-53(74-45-14-6-2-10-36(45)40-26-32(57(63,64)65)18-22-49(40)74)55(76-47-16-8-4-12-38(47)42-28-34(59(69,70)71)20-24-51(42)76)54(43(52)30-72)75-46-15-7-3-11-37(46)41-27-33(58(66,67)68)19-23-50(41)75;59-57(60,61)33-25-27-51-41(29-33)39-17-5-11-23-49(39)69(51)55-43(31-65)53(67-45-19-7-1-13-35(45)36-14-2-8-20-46(36)67)54(68-47-21-9-3-15-37(47)38-16-4-10-22-48(38)68)44(32-66)56(55)70-50-24-12-6-18-40(50)42-30-34(58(62,63)64)26-28-52(42)70/h1-29H;1-30H. The molecule has 18 aromatic carbocycles. The number of alkyl halides is 18. The van der Waals surface area contributed by atoms with E-state index in [9.17, 15) is 94.8 Å². The molecule has 0 bridgehead atoms. The van der Waals surface area contributed by atoms with E-state index in [0.717, 1.165) is 94.3 Å². The van der Waals surface area contributed by atoms with Crippen LogP contribution in [0, 0.1) is 34.0 Å². The average Bonchev–Trinajstić information content (AvgIpc) is 1.53. The highest BCUT2D eigenvalue weighted by molar-refractivity contribution is 6.20. The number of halogens is 18. The molecule has 29 heteroatoms. The molecule has 0 spiro atoms. The van der Waals surface area contributed by atoms with Crippen molar-refractivity contribution in [1.29, 1.82) is 15.8 Å². The number of para-hydroxylation sites is 10. The molecule has 11 nitrogen and oxygen atoms in total. The lowest BCUT2D eigenvalue weighted by Gasteiger charge is -2.27. The monoisotopic (exact) mass is 1960 g/mol. The van der Waals surface area contributed by atoms with Gasteiger partial charge >= 0.3 is 37.1 Å². The third-order valence-corrected chi connectivity index (χ3v) is 27.9. The third-order valence-electron chi connectivity index (χ3n) is 27.9. The third kappa shape index (κ3) is 13.2. The van der Waals surface area contributed by atoms with Gasteiger partial charge in [0.1, 0.15) is 34.9 Å². The lowest BCUT2D eigenvalue weighted by Crippen LogP contribution is -2.16. The summed E-state index contributed by atoms with van der Waals surface area (Å²) >= 11 is 0. The Bertz CT molecular complexity index is 9930. The van der Waals surface area contributed by atoms with Crippen molar-refractivity contribution < 1.29 is 79.0 Å². The number of hydrogen-bond acceptors (Lipinski definition) is 3. The van der Waals surface area contributed by atoms with Gasteiger partial charge in [-0.15, -0.1) is 0 Å². The Labute approximate surface area is 810 Å². The van der Waals surface area contributed by atoms with Gasteiger partial charge in [0.05, 0.1) is 167 Å². The van der Waals surface area contributed by atoms with E-state index in [4.69, 9.17) is 0 Å². The Balaban J connectivity index is 0.000000153. The van der Waals surface area contributed by atoms with Gasteiger partial charge in [-0.1, -0.05) is 182 Å². The molecule has 146 heavy (non-hydrogen) atoms. The van der Waals surface area contributed by atoms with Crippen molar-refractivity contribution in [2.24, 2.45) is 0 Å². The first-order valence-corrected chi connectivity index (χ1v) is 45.5. The second kappa shape index (κ2) is 31.8. The number of nitriles is 3. The van der Waals surface area contributed by atoms with Crippen molar-refractivity contribution in [2.45, 2.75) is 37.1 Å². The van der Waals surface area contributed by atoms with Gasteiger partial charge in [-0.2, -0.15) is 94.8 Å². The second-order valence-corrected chi connectivity index (χ2v) is 35.7. The van der Waals surface area contributed by atoms with Crippen LogP contribution in [-0.2, 0) is 37.1 Å². The molecule has 26 rings (SSSR count). The van der Waals surface area contributed by atoms with Gasteiger partial charge < -0.3 is 36.5 Å². The smallest absolute Gasteiger partial charge is 0.308 e. The van der Waals surface area contributed by atoms with Crippen molar-refractivity contribution in [3.05, 3.63) is 408 Å². The molecule has 0 unspecified atom stereocenters. The van der Waals surface area contributed by atoms with Crippen LogP contribution in [0.15, 0.2) is 358 Å². The van der Waals surface area contributed by atoms with Gasteiger partial charge in [0.25, 0.3) is 0 Å². The Hall–Kier alpha value is -18.4. The first-order chi connectivity index (χ1) is 70.2. The largest absolute Gasteiger partial charge is 0.416 e. The van der Waals surface area contributed by atoms with Crippen LogP contribution < -0.4 is 0 Å². The van der Waals surface area contributed by atoms with Gasteiger partial charge in [-0.3, -0.25) is 0 Å². The first kappa shape index (κ1) is 89.0. The maximum absolute atomic E-state index is 14.7. The molecular weight excluding hydrogens is 1900 g/mol. The van der Waals surface area contributed by atoms with E-state index in [1.165, 1.54) is 36.4 Å². The van der Waals surface area contributed by atoms with Crippen LogP contribution in [0.25, 0.3) is 220 Å². The van der Waals surface area contributed by atoms with Gasteiger partial charge in [-0.25, -0.2) is 0 Å². The zero-order valence-corrected chi connectivity index (χ0v) is 74.8. The van der Waals surface area contributed by atoms with Crippen LogP contribution in [0.1, 0.15) is 50.1 Å². The van der Waals surface area contributed by atoms with Crippen molar-refractivity contribution in [3.8, 4) is 63.7 Å². The van der Waals surface area contributed by atoms with Crippen LogP contribution in [0.5, 0.6) is 0 Å². The molecule has 0 radical (unpaired) electrons. The molecule has 0 aliphatic heterocycles. The summed E-state index contributed by atoms with van der Waals surface area (Å²) in [6.45, 7) is 0. The van der Waals surface area contributed by atoms with Gasteiger partial charge in [-0.05, 0) is 176 Å². The normalized spacial score (nSPS) is 12.7. The molecular formula is C117H59F18N11. The topological polar surface area (TPSA) is 111 Å². The molecule has 0 saturated carbocycles. The van der Waals surface area contributed by atoms with E-state index in [2.05, 4.69) is 18.2 Å². The van der Waals surface area contributed by atoms with Crippen molar-refractivity contribution >= 4 is 174 Å². The van der Waals surface area contributed by atoms with Crippen LogP contribution in [-0.4, -0.2) is 36.5 Å². The molecule has 0 N–H and O–H groups in total. The maximum Gasteiger partial charge on any atom is 0.416 e. The first-order valence-electron chi connectivity index (χ1n) is 45.5. The molecule has 0 saturated heterocycles. The molecule has 0 atom stereocenters. The molecule has 8 aromatic heterocycles. The second-order valence-electron chi connectivity index (χ2n) is 35.7. The van der Waals surface area contributed by atoms with Crippen LogP contribution >= 0.6 is 0 Å². The lowest BCUT2D eigenvalue weighted by molar-refractivity contribution is -0.138. The predicted octanol–water partition coefficient (Wildman–Crippen LogP) is 33.9. The molecule has 0 aliphatic carbocycles. The van der Waals surface area contributed by atoms with E-state index in [1.807, 2.05) is 106 Å². The number of nitrogens with zero attached hydrogens (tertiary/aromatic N) is 11. The summed E-state index contributed by atoms with van der Waals surface area (Å²) in [5.41, 5.74) is 1.44. The SMILES string of the molecule is N#Cc1c(-n2c3ccccc3c3cc(C(F)(F)F)ccc32)cc(-n2c3ccccc3c3cc(C(F)(F)F)ccc32)c(-n2c3ccccc3c3cc(C(F)(F)F)ccc32)c1-n1c2ccccc2c2cc(C(F)(F)F)ccc21.N#Cc1c(-n2c3ccccc3c3ccccc32)c(-n2c3ccccc3c3ccccc32)c(C#N)c(-n2c3ccccc3c3cc(C(F)(F)F)ccc32)c1-n1c2ccccc2c2cc(C(F)(F)F)ccc21. The van der Waals surface area contributed by atoms with E-state index in [-0.39, 0.29) is 111 Å². The summed E-state index contributed by atoms with van der Waals surface area (Å²) in [6, 6.07) is 99.5. The van der Waals surface area contributed by atoms with Gasteiger partial charge in [0, 0.05) is 86.2 Å². The number of hydrogen-bond donors (Lipinski definition) is 0. The maximum atomic E-state index is 14.7.